The Kier molecular flexibility index (Phi) is 3.55. The lowest BCUT2D eigenvalue weighted by Crippen LogP contribution is -2.34. The molecule has 2 atom stereocenters. The van der Waals surface area contributed by atoms with Gasteiger partial charge in [0.15, 0.2) is 0 Å². The molecule has 2 fully saturated rings. The molecule has 3 heteroatoms. The predicted octanol–water partition coefficient (Wildman–Crippen LogP) is 2.56. The van der Waals surface area contributed by atoms with Crippen LogP contribution < -0.4 is 10.6 Å². The van der Waals surface area contributed by atoms with Crippen LogP contribution in [-0.4, -0.2) is 19.0 Å². The summed E-state index contributed by atoms with van der Waals surface area (Å²) in [6, 6.07) is 8.51. The van der Waals surface area contributed by atoms with Gasteiger partial charge in [-0.05, 0) is 57.2 Å². The standard InChI is InChI=1S/C17H24N2O/c1-12-3-5-14(6-4-12)13(2)19-16(20)15-11-17(15)7-9-18-10-8-17/h3-6,13,15,18H,7-11H2,1-2H3,(H,19,20)/t13-,15?/m0/s1. The van der Waals surface area contributed by atoms with Gasteiger partial charge in [-0.15, -0.1) is 0 Å². The lowest BCUT2D eigenvalue weighted by atomic mass is 9.91. The fourth-order valence-electron chi connectivity index (χ4n) is 3.45. The average molecular weight is 272 g/mol. The Balaban J connectivity index is 1.58. The number of hydrogen-bond acceptors (Lipinski definition) is 2. The van der Waals surface area contributed by atoms with E-state index in [9.17, 15) is 4.79 Å². The Morgan fingerprint density at radius 1 is 1.30 bits per heavy atom. The van der Waals surface area contributed by atoms with Crippen LogP contribution in [0, 0.1) is 18.3 Å². The van der Waals surface area contributed by atoms with Crippen molar-refractivity contribution in [2.75, 3.05) is 13.1 Å². The summed E-state index contributed by atoms with van der Waals surface area (Å²) in [5, 5.41) is 6.57. The molecule has 2 N–H and O–H groups in total. The molecule has 1 unspecified atom stereocenters. The number of piperidine rings is 1. The Morgan fingerprint density at radius 2 is 1.95 bits per heavy atom. The molecule has 0 bridgehead atoms. The highest BCUT2D eigenvalue weighted by molar-refractivity contribution is 5.83. The molecule has 1 aromatic carbocycles. The van der Waals surface area contributed by atoms with Crippen LogP contribution in [0.15, 0.2) is 24.3 Å². The highest BCUT2D eigenvalue weighted by Gasteiger charge is 2.57. The van der Waals surface area contributed by atoms with Gasteiger partial charge < -0.3 is 10.6 Å². The zero-order chi connectivity index (χ0) is 14.2. The number of carbonyl (C=O) groups excluding carboxylic acids is 1. The summed E-state index contributed by atoms with van der Waals surface area (Å²) >= 11 is 0. The van der Waals surface area contributed by atoms with Gasteiger partial charge in [0.05, 0.1) is 6.04 Å². The maximum atomic E-state index is 12.4. The van der Waals surface area contributed by atoms with E-state index < -0.39 is 0 Å². The van der Waals surface area contributed by atoms with Crippen molar-refractivity contribution in [1.29, 1.82) is 0 Å². The summed E-state index contributed by atoms with van der Waals surface area (Å²) in [6.45, 7) is 6.28. The van der Waals surface area contributed by atoms with E-state index in [1.165, 1.54) is 11.1 Å². The average Bonchev–Trinajstić information content (AvgIpc) is 3.14. The molecular weight excluding hydrogens is 248 g/mol. The lowest BCUT2D eigenvalue weighted by molar-refractivity contribution is -0.123. The van der Waals surface area contributed by atoms with E-state index in [4.69, 9.17) is 0 Å². The number of rotatable bonds is 3. The van der Waals surface area contributed by atoms with Crippen molar-refractivity contribution >= 4 is 5.91 Å². The second kappa shape index (κ2) is 5.21. The second-order valence-electron chi connectivity index (χ2n) is 6.51. The lowest BCUT2D eigenvalue weighted by Gasteiger charge is -2.23. The molecule has 1 aliphatic heterocycles. The summed E-state index contributed by atoms with van der Waals surface area (Å²) in [5.74, 6) is 0.498. The van der Waals surface area contributed by atoms with E-state index in [0.717, 1.165) is 32.4 Å². The van der Waals surface area contributed by atoms with Crippen LogP contribution in [0.3, 0.4) is 0 Å². The molecule has 20 heavy (non-hydrogen) atoms. The summed E-state index contributed by atoms with van der Waals surface area (Å²) in [7, 11) is 0. The molecule has 0 aromatic heterocycles. The highest BCUT2D eigenvalue weighted by atomic mass is 16.2. The van der Waals surface area contributed by atoms with Gasteiger partial charge in [-0.3, -0.25) is 4.79 Å². The first kappa shape index (κ1) is 13.6. The van der Waals surface area contributed by atoms with Gasteiger partial charge in [-0.25, -0.2) is 0 Å². The third-order valence-electron chi connectivity index (χ3n) is 5.04. The number of hydrogen-bond donors (Lipinski definition) is 2. The van der Waals surface area contributed by atoms with Crippen LogP contribution in [0.1, 0.15) is 43.4 Å². The molecule has 1 amide bonds. The van der Waals surface area contributed by atoms with E-state index in [1.807, 2.05) is 0 Å². The minimum absolute atomic E-state index is 0.0995. The van der Waals surface area contributed by atoms with Gasteiger partial charge in [0.1, 0.15) is 0 Å². The third-order valence-corrected chi connectivity index (χ3v) is 5.04. The monoisotopic (exact) mass is 272 g/mol. The van der Waals surface area contributed by atoms with Crippen molar-refractivity contribution in [2.24, 2.45) is 11.3 Å². The normalized spacial score (nSPS) is 25.2. The summed E-state index contributed by atoms with van der Waals surface area (Å²) < 4.78 is 0. The van der Waals surface area contributed by atoms with Crippen LogP contribution in [-0.2, 0) is 4.79 Å². The molecule has 1 saturated carbocycles. The molecule has 0 radical (unpaired) electrons. The largest absolute Gasteiger partial charge is 0.349 e. The molecule has 1 aliphatic carbocycles. The fraction of sp³-hybridized carbons (Fsp3) is 0.588. The summed E-state index contributed by atoms with van der Waals surface area (Å²) in [4.78, 5) is 12.4. The van der Waals surface area contributed by atoms with Crippen molar-refractivity contribution in [3.63, 3.8) is 0 Å². The van der Waals surface area contributed by atoms with Crippen molar-refractivity contribution < 1.29 is 4.79 Å². The molecule has 1 aromatic rings. The number of nitrogens with one attached hydrogen (secondary N) is 2. The minimum atomic E-state index is 0.0995. The van der Waals surface area contributed by atoms with Crippen LogP contribution in [0.4, 0.5) is 0 Å². The zero-order valence-electron chi connectivity index (χ0n) is 12.4. The van der Waals surface area contributed by atoms with Gasteiger partial charge in [-0.2, -0.15) is 0 Å². The van der Waals surface area contributed by atoms with Crippen LogP contribution in [0.2, 0.25) is 0 Å². The van der Waals surface area contributed by atoms with Crippen LogP contribution in [0.25, 0.3) is 0 Å². The topological polar surface area (TPSA) is 41.1 Å². The van der Waals surface area contributed by atoms with E-state index in [1.54, 1.807) is 0 Å². The second-order valence-corrected chi connectivity index (χ2v) is 6.51. The van der Waals surface area contributed by atoms with Crippen molar-refractivity contribution in [3.05, 3.63) is 35.4 Å². The number of benzene rings is 1. The minimum Gasteiger partial charge on any atom is -0.349 e. The molecule has 1 heterocycles. The summed E-state index contributed by atoms with van der Waals surface area (Å²) in [6.07, 6.45) is 3.40. The molecule has 3 rings (SSSR count). The van der Waals surface area contributed by atoms with Gasteiger partial charge in [0.2, 0.25) is 5.91 Å². The first-order chi connectivity index (χ1) is 9.61. The number of amides is 1. The van der Waals surface area contributed by atoms with Crippen LogP contribution >= 0.6 is 0 Å². The smallest absolute Gasteiger partial charge is 0.224 e. The quantitative estimate of drug-likeness (QED) is 0.888. The van der Waals surface area contributed by atoms with Gasteiger partial charge in [0.25, 0.3) is 0 Å². The SMILES string of the molecule is Cc1ccc([C@H](C)NC(=O)C2CC23CCNCC3)cc1. The molecule has 1 spiro atoms. The fourth-order valence-corrected chi connectivity index (χ4v) is 3.45. The van der Waals surface area contributed by atoms with E-state index >= 15 is 0 Å². The number of aryl methyl sites for hydroxylation is 1. The maximum absolute atomic E-state index is 12.4. The molecule has 3 nitrogen and oxygen atoms in total. The first-order valence-corrected chi connectivity index (χ1v) is 7.68. The molecular formula is C17H24N2O. The van der Waals surface area contributed by atoms with Gasteiger partial charge >= 0.3 is 0 Å². The van der Waals surface area contributed by atoms with E-state index in [-0.39, 0.29) is 17.9 Å². The Labute approximate surface area is 121 Å². The Bertz CT molecular complexity index is 488. The van der Waals surface area contributed by atoms with Crippen molar-refractivity contribution in [1.82, 2.24) is 10.6 Å². The number of carbonyl (C=O) groups is 1. The van der Waals surface area contributed by atoms with Gasteiger partial charge in [-0.1, -0.05) is 29.8 Å². The zero-order valence-corrected chi connectivity index (χ0v) is 12.4. The van der Waals surface area contributed by atoms with E-state index in [2.05, 4.69) is 48.7 Å². The van der Waals surface area contributed by atoms with E-state index in [0.29, 0.717) is 5.41 Å². The predicted molar refractivity (Wildman–Crippen MR) is 80.4 cm³/mol. The Hall–Kier alpha value is -1.35. The highest BCUT2D eigenvalue weighted by Crippen LogP contribution is 2.58. The van der Waals surface area contributed by atoms with Gasteiger partial charge in [0, 0.05) is 5.92 Å². The third kappa shape index (κ3) is 2.59. The van der Waals surface area contributed by atoms with Crippen LogP contribution in [0.5, 0.6) is 0 Å². The molecule has 1 saturated heterocycles. The van der Waals surface area contributed by atoms with Crippen molar-refractivity contribution in [3.8, 4) is 0 Å². The molecule has 2 aliphatic rings. The summed E-state index contributed by atoms with van der Waals surface area (Å²) in [5.41, 5.74) is 2.76. The Morgan fingerprint density at radius 3 is 2.60 bits per heavy atom. The first-order valence-electron chi connectivity index (χ1n) is 7.68. The molecule has 108 valence electrons. The maximum Gasteiger partial charge on any atom is 0.224 e. The van der Waals surface area contributed by atoms with Crippen molar-refractivity contribution in [2.45, 2.75) is 39.2 Å².